The number of aliphatic hydroxyl groups is 3. The zero-order valence-electron chi connectivity index (χ0n) is 10.5. The number of allylic oxidation sites excluding steroid dienone is 6. The lowest BCUT2D eigenvalue weighted by Gasteiger charge is -2.40. The summed E-state index contributed by atoms with van der Waals surface area (Å²) in [5.41, 5.74) is 0. The van der Waals surface area contributed by atoms with Gasteiger partial charge in [0, 0.05) is 12.3 Å². The molecule has 0 aliphatic heterocycles. The minimum atomic E-state index is -1.76. The largest absolute Gasteiger partial charge is 0.393 e. The Morgan fingerprint density at radius 3 is 2.41 bits per heavy atom. The molecule has 96 valence electrons. The van der Waals surface area contributed by atoms with E-state index in [-0.39, 0.29) is 18.3 Å². The van der Waals surface area contributed by atoms with Crippen molar-refractivity contribution in [2.24, 2.45) is 11.8 Å². The van der Waals surface area contributed by atoms with Crippen molar-refractivity contribution in [1.29, 1.82) is 0 Å². The Hall–Kier alpha value is -0.900. The minimum absolute atomic E-state index is 0.0102. The highest BCUT2D eigenvalue weighted by Crippen LogP contribution is 2.36. The SMILES string of the molecule is CC=CC=CC=CC1CC(O)CC(O)(O)C1C. The van der Waals surface area contributed by atoms with Gasteiger partial charge in [0.15, 0.2) is 5.79 Å². The molecule has 17 heavy (non-hydrogen) atoms. The van der Waals surface area contributed by atoms with Crippen LogP contribution in [-0.2, 0) is 0 Å². The zero-order valence-corrected chi connectivity index (χ0v) is 10.5. The van der Waals surface area contributed by atoms with Crippen LogP contribution in [-0.4, -0.2) is 27.2 Å². The van der Waals surface area contributed by atoms with Crippen LogP contribution in [0.15, 0.2) is 36.5 Å². The maximum absolute atomic E-state index is 9.76. The maximum atomic E-state index is 9.76. The van der Waals surface area contributed by atoms with Crippen molar-refractivity contribution in [2.45, 2.75) is 38.6 Å². The van der Waals surface area contributed by atoms with Gasteiger partial charge in [0.1, 0.15) is 0 Å². The predicted molar refractivity (Wildman–Crippen MR) is 68.2 cm³/mol. The summed E-state index contributed by atoms with van der Waals surface area (Å²) >= 11 is 0. The first-order valence-corrected chi connectivity index (χ1v) is 6.06. The average molecular weight is 238 g/mol. The standard InChI is InChI=1S/C14H22O3/c1-3-4-5-6-7-8-12-9-13(15)10-14(16,17)11(12)2/h3-8,11-13,15-17H,9-10H2,1-2H3. The summed E-state index contributed by atoms with van der Waals surface area (Å²) in [6, 6.07) is 0. The van der Waals surface area contributed by atoms with Crippen LogP contribution in [0.3, 0.4) is 0 Å². The highest BCUT2D eigenvalue weighted by atomic mass is 16.5. The summed E-state index contributed by atoms with van der Waals surface area (Å²) in [6.45, 7) is 3.75. The molecule has 0 bridgehead atoms. The zero-order chi connectivity index (χ0) is 12.9. The van der Waals surface area contributed by atoms with Crippen molar-refractivity contribution in [1.82, 2.24) is 0 Å². The van der Waals surface area contributed by atoms with Gasteiger partial charge in [-0.05, 0) is 19.3 Å². The summed E-state index contributed by atoms with van der Waals surface area (Å²) in [7, 11) is 0. The molecule has 3 atom stereocenters. The van der Waals surface area contributed by atoms with Gasteiger partial charge in [0.25, 0.3) is 0 Å². The molecule has 3 unspecified atom stereocenters. The minimum Gasteiger partial charge on any atom is -0.393 e. The van der Waals surface area contributed by atoms with E-state index in [9.17, 15) is 15.3 Å². The summed E-state index contributed by atoms with van der Waals surface area (Å²) in [4.78, 5) is 0. The van der Waals surface area contributed by atoms with E-state index in [0.717, 1.165) is 0 Å². The van der Waals surface area contributed by atoms with Crippen molar-refractivity contribution in [3.05, 3.63) is 36.5 Å². The van der Waals surface area contributed by atoms with E-state index in [1.165, 1.54) is 0 Å². The smallest absolute Gasteiger partial charge is 0.168 e. The van der Waals surface area contributed by atoms with Crippen molar-refractivity contribution >= 4 is 0 Å². The van der Waals surface area contributed by atoms with E-state index in [0.29, 0.717) is 6.42 Å². The normalized spacial score (nSPS) is 34.1. The molecule has 1 rings (SSSR count). The third kappa shape index (κ3) is 4.11. The monoisotopic (exact) mass is 238 g/mol. The molecule has 0 aromatic heterocycles. The van der Waals surface area contributed by atoms with Gasteiger partial charge in [-0.25, -0.2) is 0 Å². The van der Waals surface area contributed by atoms with E-state index < -0.39 is 11.9 Å². The molecular formula is C14H22O3. The average Bonchev–Trinajstić information content (AvgIpc) is 2.24. The van der Waals surface area contributed by atoms with Crippen LogP contribution < -0.4 is 0 Å². The van der Waals surface area contributed by atoms with Crippen LogP contribution in [0.2, 0.25) is 0 Å². The number of aliphatic hydroxyl groups excluding tert-OH is 1. The van der Waals surface area contributed by atoms with E-state index in [1.807, 2.05) is 43.4 Å². The maximum Gasteiger partial charge on any atom is 0.168 e. The molecule has 1 aliphatic rings. The topological polar surface area (TPSA) is 60.7 Å². The molecule has 0 aromatic carbocycles. The highest BCUT2D eigenvalue weighted by Gasteiger charge is 2.42. The van der Waals surface area contributed by atoms with E-state index >= 15 is 0 Å². The lowest BCUT2D eigenvalue weighted by molar-refractivity contribution is -0.238. The summed E-state index contributed by atoms with van der Waals surface area (Å²) in [5, 5.41) is 29.1. The Labute approximate surface area is 103 Å². The van der Waals surface area contributed by atoms with Gasteiger partial charge in [-0.1, -0.05) is 43.4 Å². The Kier molecular flexibility index (Phi) is 5.12. The van der Waals surface area contributed by atoms with E-state index in [4.69, 9.17) is 0 Å². The summed E-state index contributed by atoms with van der Waals surface area (Å²) < 4.78 is 0. The molecule has 3 nitrogen and oxygen atoms in total. The number of rotatable bonds is 3. The van der Waals surface area contributed by atoms with Crippen LogP contribution >= 0.6 is 0 Å². The fourth-order valence-corrected chi connectivity index (χ4v) is 2.17. The van der Waals surface area contributed by atoms with Gasteiger partial charge in [-0.15, -0.1) is 0 Å². The lowest BCUT2D eigenvalue weighted by atomic mass is 9.74. The summed E-state index contributed by atoms with van der Waals surface area (Å²) in [5.74, 6) is -2.04. The molecule has 3 N–H and O–H groups in total. The first kappa shape index (κ1) is 14.2. The second kappa shape index (κ2) is 6.15. The third-order valence-corrected chi connectivity index (χ3v) is 3.34. The highest BCUT2D eigenvalue weighted by molar-refractivity contribution is 5.12. The molecule has 0 saturated heterocycles. The van der Waals surface area contributed by atoms with Crippen LogP contribution in [0.1, 0.15) is 26.7 Å². The van der Waals surface area contributed by atoms with Crippen molar-refractivity contribution in [2.75, 3.05) is 0 Å². The molecule has 0 spiro atoms. The second-order valence-corrected chi connectivity index (χ2v) is 4.72. The Balaban J connectivity index is 2.63. The second-order valence-electron chi connectivity index (χ2n) is 4.72. The first-order valence-electron chi connectivity index (χ1n) is 6.06. The quantitative estimate of drug-likeness (QED) is 0.518. The Morgan fingerprint density at radius 2 is 1.76 bits per heavy atom. The molecule has 1 fully saturated rings. The fourth-order valence-electron chi connectivity index (χ4n) is 2.17. The molecule has 3 heteroatoms. The van der Waals surface area contributed by atoms with Crippen LogP contribution in [0, 0.1) is 11.8 Å². The Bertz CT molecular complexity index is 315. The molecule has 1 saturated carbocycles. The van der Waals surface area contributed by atoms with Gasteiger partial charge in [0.2, 0.25) is 0 Å². The molecule has 0 aromatic rings. The van der Waals surface area contributed by atoms with Crippen LogP contribution in [0.5, 0.6) is 0 Å². The van der Waals surface area contributed by atoms with Crippen molar-refractivity contribution in [3.8, 4) is 0 Å². The molecular weight excluding hydrogens is 216 g/mol. The van der Waals surface area contributed by atoms with Crippen LogP contribution in [0.25, 0.3) is 0 Å². The van der Waals surface area contributed by atoms with Crippen LogP contribution in [0.4, 0.5) is 0 Å². The summed E-state index contributed by atoms with van der Waals surface area (Å²) in [6.07, 6.45) is 11.4. The molecule has 0 heterocycles. The van der Waals surface area contributed by atoms with Gasteiger partial charge < -0.3 is 15.3 Å². The molecule has 0 amide bonds. The third-order valence-electron chi connectivity index (χ3n) is 3.34. The predicted octanol–water partition coefficient (Wildman–Crippen LogP) is 1.76. The fraction of sp³-hybridized carbons (Fsp3) is 0.571. The van der Waals surface area contributed by atoms with Gasteiger partial charge in [0.05, 0.1) is 6.10 Å². The Morgan fingerprint density at radius 1 is 1.12 bits per heavy atom. The molecule has 0 radical (unpaired) electrons. The van der Waals surface area contributed by atoms with Crippen molar-refractivity contribution in [3.63, 3.8) is 0 Å². The van der Waals surface area contributed by atoms with Gasteiger partial charge in [-0.3, -0.25) is 0 Å². The number of hydrogen-bond donors (Lipinski definition) is 3. The van der Waals surface area contributed by atoms with Gasteiger partial charge >= 0.3 is 0 Å². The number of hydrogen-bond acceptors (Lipinski definition) is 3. The van der Waals surface area contributed by atoms with E-state index in [2.05, 4.69) is 0 Å². The lowest BCUT2D eigenvalue weighted by Crippen LogP contribution is -2.47. The van der Waals surface area contributed by atoms with E-state index in [1.54, 1.807) is 6.92 Å². The van der Waals surface area contributed by atoms with Crippen molar-refractivity contribution < 1.29 is 15.3 Å². The van der Waals surface area contributed by atoms with Gasteiger partial charge in [-0.2, -0.15) is 0 Å². The first-order chi connectivity index (χ1) is 7.97. The molecule has 1 aliphatic carbocycles.